The van der Waals surface area contributed by atoms with E-state index in [1.807, 2.05) is 13.2 Å². The SMILES string of the molecule is CSCC(C)NC(=O)c1ccc([N+](=O)[O-])c(NN)c1. The predicted octanol–water partition coefficient (Wildman–Crippen LogP) is 1.36. The van der Waals surface area contributed by atoms with Crippen LogP contribution in [0.5, 0.6) is 0 Å². The second-order valence-corrected chi connectivity index (χ2v) is 4.87. The third-order valence-corrected chi connectivity index (χ3v) is 3.24. The smallest absolute Gasteiger partial charge is 0.293 e. The highest BCUT2D eigenvalue weighted by atomic mass is 32.2. The Kier molecular flexibility index (Phi) is 5.58. The Labute approximate surface area is 115 Å². The minimum Gasteiger partial charge on any atom is -0.349 e. The first-order valence-electron chi connectivity index (χ1n) is 5.54. The molecule has 0 aliphatic heterocycles. The number of nitrogens with two attached hydrogens (primary N) is 1. The molecule has 1 aromatic carbocycles. The van der Waals surface area contributed by atoms with Crippen LogP contribution in [0.4, 0.5) is 11.4 Å². The molecule has 0 aliphatic rings. The van der Waals surface area contributed by atoms with Crippen molar-refractivity contribution in [3.8, 4) is 0 Å². The zero-order chi connectivity index (χ0) is 14.4. The number of nitrogens with one attached hydrogen (secondary N) is 2. The standard InChI is InChI=1S/C11H16N4O3S/c1-7(6-19-2)13-11(16)8-3-4-10(15(17)18)9(5-8)14-12/h3-5,7,14H,6,12H2,1-2H3,(H,13,16). The second-order valence-electron chi connectivity index (χ2n) is 3.96. The maximum absolute atomic E-state index is 11.9. The fourth-order valence-corrected chi connectivity index (χ4v) is 2.13. The fraction of sp³-hybridized carbons (Fsp3) is 0.364. The molecule has 104 valence electrons. The molecule has 8 heteroatoms. The van der Waals surface area contributed by atoms with Crippen molar-refractivity contribution in [3.05, 3.63) is 33.9 Å². The van der Waals surface area contributed by atoms with Crippen molar-refractivity contribution in [3.63, 3.8) is 0 Å². The Balaban J connectivity index is 2.90. The Morgan fingerprint density at radius 1 is 1.58 bits per heavy atom. The topological polar surface area (TPSA) is 110 Å². The van der Waals surface area contributed by atoms with Crippen molar-refractivity contribution in [2.75, 3.05) is 17.4 Å². The number of anilines is 1. The second kappa shape index (κ2) is 6.95. The van der Waals surface area contributed by atoms with Gasteiger partial charge in [-0.3, -0.25) is 20.8 Å². The molecule has 0 heterocycles. The molecule has 0 bridgehead atoms. The summed E-state index contributed by atoms with van der Waals surface area (Å²) in [7, 11) is 0. The number of hydrazine groups is 1. The number of nitrogen functional groups attached to an aromatic ring is 1. The van der Waals surface area contributed by atoms with Crippen molar-refractivity contribution < 1.29 is 9.72 Å². The highest BCUT2D eigenvalue weighted by Crippen LogP contribution is 2.24. The zero-order valence-electron chi connectivity index (χ0n) is 10.7. The van der Waals surface area contributed by atoms with Crippen LogP contribution in [0.1, 0.15) is 17.3 Å². The van der Waals surface area contributed by atoms with Crippen molar-refractivity contribution in [2.24, 2.45) is 5.84 Å². The maximum Gasteiger partial charge on any atom is 0.293 e. The summed E-state index contributed by atoms with van der Waals surface area (Å²) in [4.78, 5) is 22.1. The number of carbonyl (C=O) groups excluding carboxylic acids is 1. The molecule has 4 N–H and O–H groups in total. The number of thioether (sulfide) groups is 1. The molecule has 0 aliphatic carbocycles. The molecular weight excluding hydrogens is 268 g/mol. The Bertz CT molecular complexity index is 481. The zero-order valence-corrected chi connectivity index (χ0v) is 11.5. The maximum atomic E-state index is 11.9. The molecule has 0 aromatic heterocycles. The van der Waals surface area contributed by atoms with Crippen LogP contribution < -0.4 is 16.6 Å². The number of nitro benzene ring substituents is 1. The molecule has 1 aromatic rings. The molecular formula is C11H16N4O3S. The summed E-state index contributed by atoms with van der Waals surface area (Å²) < 4.78 is 0. The minimum absolute atomic E-state index is 0.0203. The molecule has 1 unspecified atom stereocenters. The van der Waals surface area contributed by atoms with Gasteiger partial charge in [-0.25, -0.2) is 0 Å². The van der Waals surface area contributed by atoms with E-state index in [9.17, 15) is 14.9 Å². The molecule has 1 rings (SSSR count). The molecule has 0 spiro atoms. The van der Waals surface area contributed by atoms with Crippen LogP contribution >= 0.6 is 11.8 Å². The lowest BCUT2D eigenvalue weighted by molar-refractivity contribution is -0.384. The lowest BCUT2D eigenvalue weighted by Gasteiger charge is -2.13. The van der Waals surface area contributed by atoms with Crippen LogP contribution in [-0.2, 0) is 0 Å². The van der Waals surface area contributed by atoms with Crippen LogP contribution in [0.15, 0.2) is 18.2 Å². The summed E-state index contributed by atoms with van der Waals surface area (Å²) in [5.74, 6) is 5.73. The average molecular weight is 284 g/mol. The molecule has 0 saturated carbocycles. The van der Waals surface area contributed by atoms with E-state index in [0.717, 1.165) is 5.75 Å². The van der Waals surface area contributed by atoms with Crippen molar-refractivity contribution >= 4 is 29.0 Å². The van der Waals surface area contributed by atoms with Gasteiger partial charge in [0.1, 0.15) is 5.69 Å². The summed E-state index contributed by atoms with van der Waals surface area (Å²) in [6, 6.07) is 4.04. The largest absolute Gasteiger partial charge is 0.349 e. The Morgan fingerprint density at radius 2 is 2.26 bits per heavy atom. The lowest BCUT2D eigenvalue weighted by atomic mass is 10.1. The van der Waals surface area contributed by atoms with Gasteiger partial charge >= 0.3 is 0 Å². The summed E-state index contributed by atoms with van der Waals surface area (Å²) >= 11 is 1.62. The molecule has 1 atom stereocenters. The van der Waals surface area contributed by atoms with Gasteiger partial charge in [0.05, 0.1) is 4.92 Å². The monoisotopic (exact) mass is 284 g/mol. The van der Waals surface area contributed by atoms with Gasteiger partial charge in [0.15, 0.2) is 0 Å². The number of nitro groups is 1. The first kappa shape index (κ1) is 15.3. The van der Waals surface area contributed by atoms with E-state index in [1.165, 1.54) is 18.2 Å². The van der Waals surface area contributed by atoms with E-state index >= 15 is 0 Å². The van der Waals surface area contributed by atoms with E-state index in [2.05, 4.69) is 10.7 Å². The third-order valence-electron chi connectivity index (χ3n) is 2.41. The van der Waals surface area contributed by atoms with E-state index in [1.54, 1.807) is 11.8 Å². The molecule has 19 heavy (non-hydrogen) atoms. The predicted molar refractivity (Wildman–Crippen MR) is 76.2 cm³/mol. The number of hydrogen-bond donors (Lipinski definition) is 3. The Morgan fingerprint density at radius 3 is 2.79 bits per heavy atom. The molecule has 7 nitrogen and oxygen atoms in total. The van der Waals surface area contributed by atoms with Gasteiger partial charge in [0, 0.05) is 23.4 Å². The quantitative estimate of drug-likeness (QED) is 0.413. The average Bonchev–Trinajstić information content (AvgIpc) is 2.37. The van der Waals surface area contributed by atoms with Crippen LogP contribution in [0.3, 0.4) is 0 Å². The third kappa shape index (κ3) is 4.11. The van der Waals surface area contributed by atoms with E-state index in [4.69, 9.17) is 5.84 Å². The van der Waals surface area contributed by atoms with Gasteiger partial charge in [-0.05, 0) is 25.3 Å². The number of rotatable bonds is 6. The first-order valence-corrected chi connectivity index (χ1v) is 6.93. The highest BCUT2D eigenvalue weighted by molar-refractivity contribution is 7.98. The van der Waals surface area contributed by atoms with E-state index < -0.39 is 4.92 Å². The normalized spacial score (nSPS) is 11.7. The fourth-order valence-electron chi connectivity index (χ4n) is 1.55. The molecule has 0 radical (unpaired) electrons. The van der Waals surface area contributed by atoms with E-state index in [-0.39, 0.29) is 23.3 Å². The summed E-state index contributed by atoms with van der Waals surface area (Å²) in [6.45, 7) is 1.89. The number of carbonyl (C=O) groups is 1. The van der Waals surface area contributed by atoms with Crippen LogP contribution in [0.2, 0.25) is 0 Å². The number of benzene rings is 1. The van der Waals surface area contributed by atoms with Crippen molar-refractivity contribution in [1.82, 2.24) is 5.32 Å². The highest BCUT2D eigenvalue weighted by Gasteiger charge is 2.16. The molecule has 0 fully saturated rings. The summed E-state index contributed by atoms with van der Waals surface area (Å²) in [6.07, 6.45) is 1.95. The number of amides is 1. The van der Waals surface area contributed by atoms with Gasteiger partial charge in [-0.2, -0.15) is 11.8 Å². The summed E-state index contributed by atoms with van der Waals surface area (Å²) in [5.41, 5.74) is 2.49. The van der Waals surface area contributed by atoms with Gasteiger partial charge < -0.3 is 10.7 Å². The summed E-state index contributed by atoms with van der Waals surface area (Å²) in [5, 5.41) is 13.5. The van der Waals surface area contributed by atoms with E-state index in [0.29, 0.717) is 5.56 Å². The van der Waals surface area contributed by atoms with Crippen LogP contribution in [0, 0.1) is 10.1 Å². The lowest BCUT2D eigenvalue weighted by Crippen LogP contribution is -2.34. The molecule has 0 saturated heterocycles. The minimum atomic E-state index is -0.562. The van der Waals surface area contributed by atoms with Crippen LogP contribution in [0.25, 0.3) is 0 Å². The van der Waals surface area contributed by atoms with Crippen molar-refractivity contribution in [1.29, 1.82) is 0 Å². The van der Waals surface area contributed by atoms with Crippen molar-refractivity contribution in [2.45, 2.75) is 13.0 Å². The first-order chi connectivity index (χ1) is 8.99. The Hall–Kier alpha value is -1.80. The number of hydrogen-bond acceptors (Lipinski definition) is 6. The number of nitrogens with zero attached hydrogens (tertiary/aromatic N) is 1. The van der Waals surface area contributed by atoms with Gasteiger partial charge in [-0.15, -0.1) is 0 Å². The van der Waals surface area contributed by atoms with Gasteiger partial charge in [0.25, 0.3) is 11.6 Å². The molecule has 1 amide bonds. The van der Waals surface area contributed by atoms with Crippen LogP contribution in [-0.4, -0.2) is 28.9 Å². The van der Waals surface area contributed by atoms with Gasteiger partial charge in [0.2, 0.25) is 0 Å². The van der Waals surface area contributed by atoms with Gasteiger partial charge in [-0.1, -0.05) is 0 Å².